The van der Waals surface area contributed by atoms with E-state index in [4.69, 9.17) is 4.74 Å². The maximum atomic E-state index is 11.9. The van der Waals surface area contributed by atoms with Gasteiger partial charge in [0.05, 0.1) is 13.0 Å². The first-order valence-corrected chi connectivity index (χ1v) is 9.85. The van der Waals surface area contributed by atoms with Gasteiger partial charge in [-0.3, -0.25) is 14.7 Å². The molecule has 0 aliphatic carbocycles. The molecule has 0 saturated carbocycles. The van der Waals surface area contributed by atoms with E-state index in [0.717, 1.165) is 32.1 Å². The molecule has 2 atom stereocenters. The molecule has 0 spiro atoms. The highest BCUT2D eigenvalue weighted by Gasteiger charge is 2.36. The van der Waals surface area contributed by atoms with Crippen molar-refractivity contribution in [3.8, 4) is 0 Å². The van der Waals surface area contributed by atoms with Crippen LogP contribution in [0.2, 0.25) is 0 Å². The van der Waals surface area contributed by atoms with Gasteiger partial charge in [-0.1, -0.05) is 45.0 Å². The number of carbonyl (C=O) groups is 1. The molecule has 158 valence electrons. The van der Waals surface area contributed by atoms with Gasteiger partial charge in [-0.05, 0) is 30.1 Å². The lowest BCUT2D eigenvalue weighted by atomic mass is 9.99. The first kappa shape index (κ1) is 24.7. The van der Waals surface area contributed by atoms with Gasteiger partial charge < -0.3 is 15.0 Å². The summed E-state index contributed by atoms with van der Waals surface area (Å²) in [6, 6.07) is 8.68. The molecular weight excluding hydrogens is 467 g/mol. The molecule has 7 heteroatoms. The van der Waals surface area contributed by atoms with Crippen molar-refractivity contribution in [1.29, 1.82) is 0 Å². The summed E-state index contributed by atoms with van der Waals surface area (Å²) < 4.78 is 4.93. The van der Waals surface area contributed by atoms with Crippen LogP contribution in [0.25, 0.3) is 0 Å². The van der Waals surface area contributed by atoms with E-state index in [1.165, 1.54) is 18.2 Å². The van der Waals surface area contributed by atoms with Gasteiger partial charge in [0.25, 0.3) is 0 Å². The van der Waals surface area contributed by atoms with Gasteiger partial charge in [-0.15, -0.1) is 24.0 Å². The quantitative estimate of drug-likeness (QED) is 0.269. The normalized spacial score (nSPS) is 19.5. The number of likely N-dealkylation sites (tertiary alicyclic amines) is 1. The van der Waals surface area contributed by atoms with Crippen LogP contribution in [0.5, 0.6) is 0 Å². The Morgan fingerprint density at radius 3 is 2.57 bits per heavy atom. The molecule has 2 unspecified atom stereocenters. The number of benzene rings is 1. The second-order valence-electron chi connectivity index (χ2n) is 7.19. The molecule has 1 N–H and O–H groups in total. The first-order chi connectivity index (χ1) is 13.0. The SMILES string of the molecule is CCN(CC)Cc1cccc(CNC(=NC)N2CC(C)C(C(=O)OC)C2)c1.I. The molecule has 0 radical (unpaired) electrons. The number of rotatable bonds is 7. The molecule has 1 aliphatic heterocycles. The summed E-state index contributed by atoms with van der Waals surface area (Å²) in [7, 11) is 3.24. The van der Waals surface area contributed by atoms with Crippen molar-refractivity contribution in [2.75, 3.05) is 40.3 Å². The molecule has 6 nitrogen and oxygen atoms in total. The number of carbonyl (C=O) groups excluding carboxylic acids is 1. The number of esters is 1. The minimum Gasteiger partial charge on any atom is -0.469 e. The smallest absolute Gasteiger partial charge is 0.310 e. The van der Waals surface area contributed by atoms with Crippen molar-refractivity contribution in [1.82, 2.24) is 15.1 Å². The van der Waals surface area contributed by atoms with Gasteiger partial charge in [0.15, 0.2) is 5.96 Å². The van der Waals surface area contributed by atoms with E-state index in [1.807, 2.05) is 0 Å². The van der Waals surface area contributed by atoms with Crippen LogP contribution in [0.1, 0.15) is 31.9 Å². The minimum atomic E-state index is -0.135. The van der Waals surface area contributed by atoms with Gasteiger partial charge in [-0.25, -0.2) is 0 Å². The number of aliphatic imine (C=N–C) groups is 1. The summed E-state index contributed by atoms with van der Waals surface area (Å²) in [4.78, 5) is 20.9. The number of methoxy groups -OCH3 is 1. The van der Waals surface area contributed by atoms with E-state index in [1.54, 1.807) is 7.05 Å². The summed E-state index contributed by atoms with van der Waals surface area (Å²) in [6.07, 6.45) is 0. The van der Waals surface area contributed by atoms with E-state index in [0.29, 0.717) is 13.1 Å². The molecule has 0 amide bonds. The Hall–Kier alpha value is -1.35. The van der Waals surface area contributed by atoms with E-state index in [-0.39, 0.29) is 41.8 Å². The summed E-state index contributed by atoms with van der Waals surface area (Å²) in [5.74, 6) is 0.867. The van der Waals surface area contributed by atoms with Gasteiger partial charge in [0, 0.05) is 33.2 Å². The lowest BCUT2D eigenvalue weighted by Crippen LogP contribution is -2.40. The molecule has 1 heterocycles. The lowest BCUT2D eigenvalue weighted by molar-refractivity contribution is -0.145. The molecule has 1 fully saturated rings. The van der Waals surface area contributed by atoms with Crippen LogP contribution in [0.15, 0.2) is 29.3 Å². The second-order valence-corrected chi connectivity index (χ2v) is 7.19. The number of halogens is 1. The minimum absolute atomic E-state index is 0. The highest BCUT2D eigenvalue weighted by molar-refractivity contribution is 14.0. The van der Waals surface area contributed by atoms with Crippen LogP contribution in [0, 0.1) is 11.8 Å². The number of nitrogens with one attached hydrogen (secondary N) is 1. The highest BCUT2D eigenvalue weighted by Crippen LogP contribution is 2.24. The molecule has 28 heavy (non-hydrogen) atoms. The maximum Gasteiger partial charge on any atom is 0.310 e. The van der Waals surface area contributed by atoms with Crippen molar-refractivity contribution >= 4 is 35.9 Å². The van der Waals surface area contributed by atoms with Gasteiger partial charge >= 0.3 is 5.97 Å². The molecule has 1 aromatic rings. The van der Waals surface area contributed by atoms with Crippen LogP contribution in [0.3, 0.4) is 0 Å². The molecule has 2 rings (SSSR count). The second kappa shape index (κ2) is 12.3. The number of hydrogen-bond donors (Lipinski definition) is 1. The number of ether oxygens (including phenoxy) is 1. The standard InChI is InChI=1S/C21H34N4O2.HI/c1-6-24(7-2)14-18-10-8-9-17(11-18)12-23-21(22-4)25-13-16(3)19(15-25)20(26)27-5;/h8-11,16,19H,6-7,12-15H2,1-5H3,(H,22,23);1H. The van der Waals surface area contributed by atoms with Crippen molar-refractivity contribution in [2.24, 2.45) is 16.8 Å². The fraction of sp³-hybridized carbons (Fsp3) is 0.619. The zero-order valence-corrected chi connectivity index (χ0v) is 20.1. The molecule has 0 bridgehead atoms. The van der Waals surface area contributed by atoms with Gasteiger partial charge in [0.1, 0.15) is 0 Å². The lowest BCUT2D eigenvalue weighted by Gasteiger charge is -2.22. The average Bonchev–Trinajstić information content (AvgIpc) is 3.07. The Morgan fingerprint density at radius 1 is 1.29 bits per heavy atom. The summed E-state index contributed by atoms with van der Waals surface area (Å²) in [6.45, 7) is 11.7. The number of hydrogen-bond acceptors (Lipinski definition) is 4. The Kier molecular flexibility index (Phi) is 10.8. The molecule has 0 aromatic heterocycles. The van der Waals surface area contributed by atoms with Crippen molar-refractivity contribution in [2.45, 2.75) is 33.9 Å². The Morgan fingerprint density at radius 2 is 1.96 bits per heavy atom. The highest BCUT2D eigenvalue weighted by atomic mass is 127. The zero-order valence-electron chi connectivity index (χ0n) is 17.8. The van der Waals surface area contributed by atoms with Crippen LogP contribution < -0.4 is 5.32 Å². The third-order valence-electron chi connectivity index (χ3n) is 5.37. The average molecular weight is 502 g/mol. The van der Waals surface area contributed by atoms with Crippen molar-refractivity contribution in [3.63, 3.8) is 0 Å². The summed E-state index contributed by atoms with van der Waals surface area (Å²) in [5, 5.41) is 3.44. The van der Waals surface area contributed by atoms with Crippen molar-refractivity contribution in [3.05, 3.63) is 35.4 Å². The Balaban J connectivity index is 0.00000392. The van der Waals surface area contributed by atoms with Crippen LogP contribution in [0.4, 0.5) is 0 Å². The number of nitrogens with zero attached hydrogens (tertiary/aromatic N) is 3. The van der Waals surface area contributed by atoms with Crippen LogP contribution >= 0.6 is 24.0 Å². The molecular formula is C21H35IN4O2. The van der Waals surface area contributed by atoms with E-state index < -0.39 is 0 Å². The Bertz CT molecular complexity index is 649. The predicted molar refractivity (Wildman–Crippen MR) is 125 cm³/mol. The Labute approximate surface area is 186 Å². The predicted octanol–water partition coefficient (Wildman–Crippen LogP) is 2.96. The largest absolute Gasteiger partial charge is 0.469 e. The summed E-state index contributed by atoms with van der Waals surface area (Å²) in [5.41, 5.74) is 2.56. The first-order valence-electron chi connectivity index (χ1n) is 9.85. The van der Waals surface area contributed by atoms with Crippen LogP contribution in [-0.4, -0.2) is 62.1 Å². The fourth-order valence-electron chi connectivity index (χ4n) is 3.65. The third kappa shape index (κ3) is 6.62. The molecule has 1 saturated heterocycles. The van der Waals surface area contributed by atoms with E-state index in [9.17, 15) is 4.79 Å². The molecule has 1 aromatic carbocycles. The zero-order chi connectivity index (χ0) is 19.8. The monoisotopic (exact) mass is 502 g/mol. The molecule has 1 aliphatic rings. The fourth-order valence-corrected chi connectivity index (χ4v) is 3.65. The van der Waals surface area contributed by atoms with Gasteiger partial charge in [-0.2, -0.15) is 0 Å². The maximum absolute atomic E-state index is 11.9. The summed E-state index contributed by atoms with van der Waals surface area (Å²) >= 11 is 0. The number of guanidine groups is 1. The van der Waals surface area contributed by atoms with Gasteiger partial charge in [0.2, 0.25) is 0 Å². The topological polar surface area (TPSA) is 57.2 Å². The van der Waals surface area contributed by atoms with E-state index in [2.05, 4.69) is 65.1 Å². The van der Waals surface area contributed by atoms with Crippen LogP contribution in [-0.2, 0) is 22.6 Å². The third-order valence-corrected chi connectivity index (χ3v) is 5.37. The van der Waals surface area contributed by atoms with Crippen molar-refractivity contribution < 1.29 is 9.53 Å². The van der Waals surface area contributed by atoms with E-state index >= 15 is 0 Å².